The van der Waals surface area contributed by atoms with Crippen molar-refractivity contribution in [2.45, 2.75) is 26.7 Å². The molecule has 0 aliphatic carbocycles. The van der Waals surface area contributed by atoms with Crippen LogP contribution in [0.2, 0.25) is 0 Å². The van der Waals surface area contributed by atoms with E-state index in [0.29, 0.717) is 18.3 Å². The predicted octanol–water partition coefficient (Wildman–Crippen LogP) is 4.48. The van der Waals surface area contributed by atoms with Crippen LogP contribution in [-0.2, 0) is 17.4 Å². The Morgan fingerprint density at radius 2 is 1.73 bits per heavy atom. The van der Waals surface area contributed by atoms with Crippen LogP contribution in [0.25, 0.3) is 0 Å². The molecule has 0 spiro atoms. The molecular formula is C17H19IO3P+. The van der Waals surface area contributed by atoms with Gasteiger partial charge in [0.2, 0.25) is 0 Å². The van der Waals surface area contributed by atoms with Gasteiger partial charge in [0.25, 0.3) is 0 Å². The molecule has 2 aromatic carbocycles. The SMILES string of the molecule is Cc1cc(CC[P+](=O)O)cc(C)c1Cc1ccc(O)c(I)c1. The van der Waals surface area contributed by atoms with E-state index in [1.165, 1.54) is 22.3 Å². The van der Waals surface area contributed by atoms with Crippen molar-refractivity contribution in [2.75, 3.05) is 6.16 Å². The zero-order valence-corrected chi connectivity index (χ0v) is 15.7. The summed E-state index contributed by atoms with van der Waals surface area (Å²) in [4.78, 5) is 8.94. The molecule has 1 unspecified atom stereocenters. The van der Waals surface area contributed by atoms with Crippen molar-refractivity contribution in [3.05, 3.63) is 61.7 Å². The third kappa shape index (κ3) is 4.51. The van der Waals surface area contributed by atoms with Gasteiger partial charge < -0.3 is 5.11 Å². The minimum absolute atomic E-state index is 0.309. The highest BCUT2D eigenvalue weighted by Crippen LogP contribution is 2.25. The number of phenolic OH excluding ortho intramolecular Hbond substituents is 1. The Hall–Kier alpha value is -0.970. The minimum Gasteiger partial charge on any atom is -0.507 e. The van der Waals surface area contributed by atoms with Gasteiger partial charge in [-0.05, 0) is 87.4 Å². The summed E-state index contributed by atoms with van der Waals surface area (Å²) in [5.74, 6) is 0.311. The van der Waals surface area contributed by atoms with Gasteiger partial charge in [0.05, 0.1) is 3.57 Å². The van der Waals surface area contributed by atoms with E-state index in [2.05, 4.69) is 48.6 Å². The van der Waals surface area contributed by atoms with Gasteiger partial charge >= 0.3 is 8.03 Å². The lowest BCUT2D eigenvalue weighted by molar-refractivity contribution is 0.471. The molecule has 0 heterocycles. The topological polar surface area (TPSA) is 57.5 Å². The number of benzene rings is 2. The molecule has 2 N–H and O–H groups in total. The molecule has 0 radical (unpaired) electrons. The van der Waals surface area contributed by atoms with Gasteiger partial charge in [0.15, 0.2) is 6.16 Å². The number of aromatic hydroxyl groups is 1. The molecule has 3 nitrogen and oxygen atoms in total. The zero-order valence-electron chi connectivity index (χ0n) is 12.6. The second-order valence-electron chi connectivity index (χ2n) is 5.50. The van der Waals surface area contributed by atoms with Crippen molar-refractivity contribution in [2.24, 2.45) is 0 Å². The number of halogens is 1. The molecule has 2 aromatic rings. The van der Waals surface area contributed by atoms with Crippen molar-refractivity contribution < 1.29 is 14.6 Å². The number of hydrogen-bond donors (Lipinski definition) is 2. The third-order valence-corrected chi connectivity index (χ3v) is 5.21. The summed E-state index contributed by atoms with van der Waals surface area (Å²) in [6.07, 6.45) is 1.76. The van der Waals surface area contributed by atoms with E-state index in [0.717, 1.165) is 15.6 Å². The molecule has 0 saturated heterocycles. The van der Waals surface area contributed by atoms with E-state index in [1.54, 1.807) is 6.07 Å². The maximum Gasteiger partial charge on any atom is 0.505 e. The lowest BCUT2D eigenvalue weighted by Gasteiger charge is -2.13. The minimum atomic E-state index is -2.07. The van der Waals surface area contributed by atoms with Gasteiger partial charge in [0, 0.05) is 6.42 Å². The first-order chi connectivity index (χ1) is 10.4. The van der Waals surface area contributed by atoms with Gasteiger partial charge in [-0.1, -0.05) is 18.2 Å². The fourth-order valence-corrected chi connectivity index (χ4v) is 3.62. The normalized spacial score (nSPS) is 11.5. The Labute approximate surface area is 145 Å². The lowest BCUT2D eigenvalue weighted by atomic mass is 9.93. The Morgan fingerprint density at radius 3 is 2.27 bits per heavy atom. The standard InChI is InChI=1S/C17H18IO3P/c1-11-7-14(5-6-22(20)21)8-12(2)15(11)9-13-3-4-17(19)16(18)10-13/h3-4,7-8,10H,5-6,9H2,1-2H3,(H-,19,20,21)/p+1. The first-order valence-corrected chi connectivity index (χ1v) is 9.54. The number of rotatable bonds is 5. The lowest BCUT2D eigenvalue weighted by Crippen LogP contribution is -1.99. The van der Waals surface area contributed by atoms with Crippen LogP contribution in [0.1, 0.15) is 27.8 Å². The Bertz CT molecular complexity index is 690. The van der Waals surface area contributed by atoms with Gasteiger partial charge in [-0.3, -0.25) is 0 Å². The predicted molar refractivity (Wildman–Crippen MR) is 97.9 cm³/mol. The fourth-order valence-electron chi connectivity index (χ4n) is 2.60. The van der Waals surface area contributed by atoms with E-state index in [4.69, 9.17) is 4.89 Å². The van der Waals surface area contributed by atoms with E-state index >= 15 is 0 Å². The monoisotopic (exact) mass is 429 g/mol. The average Bonchev–Trinajstić information content (AvgIpc) is 2.44. The van der Waals surface area contributed by atoms with E-state index in [1.807, 2.05) is 12.1 Å². The summed E-state index contributed by atoms with van der Waals surface area (Å²) in [5, 5.41) is 9.61. The molecule has 0 bridgehead atoms. The summed E-state index contributed by atoms with van der Waals surface area (Å²) in [6, 6.07) is 9.88. The molecule has 22 heavy (non-hydrogen) atoms. The smallest absolute Gasteiger partial charge is 0.505 e. The van der Waals surface area contributed by atoms with Crippen LogP contribution >= 0.6 is 30.6 Å². The summed E-state index contributed by atoms with van der Waals surface area (Å²) in [5.41, 5.74) is 5.95. The molecule has 0 saturated carbocycles. The fraction of sp³-hybridized carbons (Fsp3) is 0.294. The number of aryl methyl sites for hydroxylation is 3. The Balaban J connectivity index is 2.24. The summed E-state index contributed by atoms with van der Waals surface area (Å²) < 4.78 is 11.7. The van der Waals surface area contributed by atoms with Crippen LogP contribution in [-0.4, -0.2) is 16.2 Å². The number of phenols is 1. The summed E-state index contributed by atoms with van der Waals surface area (Å²) in [7, 11) is -2.07. The molecule has 0 fully saturated rings. The molecule has 5 heteroatoms. The molecular weight excluding hydrogens is 410 g/mol. The Kier molecular flexibility index (Phi) is 5.95. The van der Waals surface area contributed by atoms with Crippen LogP contribution in [0, 0.1) is 17.4 Å². The first-order valence-electron chi connectivity index (χ1n) is 7.06. The Morgan fingerprint density at radius 1 is 1.09 bits per heavy atom. The highest BCUT2D eigenvalue weighted by Gasteiger charge is 2.12. The van der Waals surface area contributed by atoms with E-state index in [-0.39, 0.29) is 0 Å². The third-order valence-electron chi connectivity index (χ3n) is 3.74. The van der Waals surface area contributed by atoms with Gasteiger partial charge in [0.1, 0.15) is 5.75 Å². The van der Waals surface area contributed by atoms with Crippen LogP contribution in [0.4, 0.5) is 0 Å². The highest BCUT2D eigenvalue weighted by atomic mass is 127. The molecule has 116 valence electrons. The van der Waals surface area contributed by atoms with Crippen LogP contribution in [0.15, 0.2) is 30.3 Å². The van der Waals surface area contributed by atoms with Gasteiger partial charge in [-0.25, -0.2) is 0 Å². The van der Waals surface area contributed by atoms with E-state index < -0.39 is 8.03 Å². The van der Waals surface area contributed by atoms with Crippen LogP contribution in [0.5, 0.6) is 5.75 Å². The van der Waals surface area contributed by atoms with E-state index in [9.17, 15) is 9.67 Å². The second kappa shape index (κ2) is 7.53. The van der Waals surface area contributed by atoms with Crippen molar-refractivity contribution >= 4 is 30.6 Å². The first kappa shape index (κ1) is 17.4. The van der Waals surface area contributed by atoms with Crippen molar-refractivity contribution in [3.8, 4) is 5.75 Å². The van der Waals surface area contributed by atoms with Gasteiger partial charge in [-0.15, -0.1) is 0 Å². The highest BCUT2D eigenvalue weighted by molar-refractivity contribution is 14.1. The molecule has 0 amide bonds. The van der Waals surface area contributed by atoms with Crippen LogP contribution in [0.3, 0.4) is 0 Å². The summed E-state index contributed by atoms with van der Waals surface area (Å²) >= 11 is 2.13. The second-order valence-corrected chi connectivity index (χ2v) is 7.81. The van der Waals surface area contributed by atoms with Crippen molar-refractivity contribution in [1.29, 1.82) is 0 Å². The molecule has 1 atom stereocenters. The molecule has 2 rings (SSSR count). The maximum atomic E-state index is 10.8. The van der Waals surface area contributed by atoms with Crippen LogP contribution < -0.4 is 0 Å². The maximum absolute atomic E-state index is 10.8. The van der Waals surface area contributed by atoms with Crippen molar-refractivity contribution in [1.82, 2.24) is 0 Å². The molecule has 0 aromatic heterocycles. The summed E-state index contributed by atoms with van der Waals surface area (Å²) in [6.45, 7) is 4.16. The largest absolute Gasteiger partial charge is 0.507 e. The quantitative estimate of drug-likeness (QED) is 0.545. The van der Waals surface area contributed by atoms with Gasteiger partial charge in [-0.2, -0.15) is 4.89 Å². The molecule has 0 aliphatic rings. The zero-order chi connectivity index (χ0) is 16.3. The molecule has 0 aliphatic heterocycles. The number of hydrogen-bond acceptors (Lipinski definition) is 2. The van der Waals surface area contributed by atoms with Crippen molar-refractivity contribution in [3.63, 3.8) is 0 Å². The average molecular weight is 429 g/mol.